The zero-order chi connectivity index (χ0) is 10.3. The first kappa shape index (κ1) is 10.2. The molecule has 0 aromatic carbocycles. The van der Waals surface area contributed by atoms with Crippen molar-refractivity contribution >= 4 is 0 Å². The van der Waals surface area contributed by atoms with E-state index >= 15 is 0 Å². The fourth-order valence-corrected chi connectivity index (χ4v) is 4.56. The van der Waals surface area contributed by atoms with Gasteiger partial charge in [-0.1, -0.05) is 51.9 Å². The van der Waals surface area contributed by atoms with Crippen molar-refractivity contribution in [3.63, 3.8) is 0 Å². The Hall–Kier alpha value is 0. The van der Waals surface area contributed by atoms with Gasteiger partial charge in [0.15, 0.2) is 0 Å². The molecule has 0 heterocycles. The van der Waals surface area contributed by atoms with Crippen LogP contribution in [0.15, 0.2) is 0 Å². The van der Waals surface area contributed by atoms with Gasteiger partial charge in [0.25, 0.3) is 0 Å². The van der Waals surface area contributed by atoms with E-state index in [1.54, 1.807) is 32.1 Å². The van der Waals surface area contributed by atoms with Crippen molar-refractivity contribution in [1.82, 2.24) is 0 Å². The Bertz CT molecular complexity index is 224. The van der Waals surface area contributed by atoms with Gasteiger partial charge in [0.1, 0.15) is 0 Å². The largest absolute Gasteiger partial charge is 0.0620 e. The minimum atomic E-state index is 0.893. The summed E-state index contributed by atoms with van der Waals surface area (Å²) in [7, 11) is 0. The van der Waals surface area contributed by atoms with E-state index in [1.165, 1.54) is 38.0 Å². The Balaban J connectivity index is 1.53. The van der Waals surface area contributed by atoms with Crippen LogP contribution >= 0.6 is 0 Å². The summed E-state index contributed by atoms with van der Waals surface area (Å²) < 4.78 is 0. The second kappa shape index (κ2) is 3.79. The van der Waals surface area contributed by atoms with Crippen LogP contribution in [0.1, 0.15) is 71.1 Å². The molecule has 0 nitrogen and oxygen atoms in total. The molecule has 0 aromatic heterocycles. The molecule has 0 N–H and O–H groups in total. The van der Waals surface area contributed by atoms with Crippen LogP contribution < -0.4 is 0 Å². The molecule has 3 aliphatic carbocycles. The van der Waals surface area contributed by atoms with Gasteiger partial charge in [0.2, 0.25) is 0 Å². The number of rotatable bonds is 2. The summed E-state index contributed by atoms with van der Waals surface area (Å²) in [6, 6.07) is 0. The monoisotopic (exact) mass is 206 g/mol. The van der Waals surface area contributed by atoms with Gasteiger partial charge in [-0.05, 0) is 42.4 Å². The number of hydrogen-bond donors (Lipinski definition) is 0. The Morgan fingerprint density at radius 3 is 2.20 bits per heavy atom. The molecule has 0 saturated heterocycles. The van der Waals surface area contributed by atoms with Crippen molar-refractivity contribution in [2.75, 3.05) is 0 Å². The van der Waals surface area contributed by atoms with E-state index < -0.39 is 0 Å². The summed E-state index contributed by atoms with van der Waals surface area (Å²) in [5, 5.41) is 0. The molecule has 0 amide bonds. The summed E-state index contributed by atoms with van der Waals surface area (Å²) in [5.41, 5.74) is 0.893. The maximum absolute atomic E-state index is 2.51. The van der Waals surface area contributed by atoms with Crippen LogP contribution in [-0.2, 0) is 0 Å². The standard InChI is InChI=1S/C15H26/c1-12-9-14-11-15(12,14)10-13-7-5-3-2-4-6-8-13/h12-14H,2-11H2,1H3. The molecule has 3 fully saturated rings. The lowest BCUT2D eigenvalue weighted by Gasteiger charge is -2.37. The summed E-state index contributed by atoms with van der Waals surface area (Å²) in [5.74, 6) is 3.36. The Kier molecular flexibility index (Phi) is 2.57. The predicted octanol–water partition coefficient (Wildman–Crippen LogP) is 4.78. The van der Waals surface area contributed by atoms with Gasteiger partial charge in [0, 0.05) is 0 Å². The Labute approximate surface area is 94.8 Å². The maximum Gasteiger partial charge on any atom is -0.0238 e. The molecule has 15 heavy (non-hydrogen) atoms. The molecule has 0 radical (unpaired) electrons. The molecule has 3 atom stereocenters. The SMILES string of the molecule is CC1CC2CC12CC1CCCCCCC1. The molecular weight excluding hydrogens is 180 g/mol. The van der Waals surface area contributed by atoms with Gasteiger partial charge in [-0.25, -0.2) is 0 Å². The third kappa shape index (κ3) is 1.74. The lowest BCUT2D eigenvalue weighted by molar-refractivity contribution is 0.126. The maximum atomic E-state index is 2.51. The van der Waals surface area contributed by atoms with Crippen molar-refractivity contribution in [2.45, 2.75) is 71.1 Å². The third-order valence-electron chi connectivity index (χ3n) is 5.79. The van der Waals surface area contributed by atoms with Crippen molar-refractivity contribution in [2.24, 2.45) is 23.2 Å². The highest BCUT2D eigenvalue weighted by molar-refractivity contribution is 5.14. The van der Waals surface area contributed by atoms with Gasteiger partial charge in [-0.2, -0.15) is 0 Å². The second-order valence-corrected chi connectivity index (χ2v) is 6.69. The van der Waals surface area contributed by atoms with E-state index in [4.69, 9.17) is 0 Å². The normalized spacial score (nSPS) is 46.2. The van der Waals surface area contributed by atoms with Gasteiger partial charge in [-0.3, -0.25) is 0 Å². The third-order valence-corrected chi connectivity index (χ3v) is 5.79. The minimum Gasteiger partial charge on any atom is -0.0620 e. The van der Waals surface area contributed by atoms with E-state index in [1.807, 2.05) is 0 Å². The van der Waals surface area contributed by atoms with Gasteiger partial charge in [0.05, 0.1) is 0 Å². The molecule has 0 aliphatic heterocycles. The minimum absolute atomic E-state index is 0.893. The van der Waals surface area contributed by atoms with Crippen molar-refractivity contribution < 1.29 is 0 Å². The Morgan fingerprint density at radius 2 is 1.67 bits per heavy atom. The van der Waals surface area contributed by atoms with Gasteiger partial charge < -0.3 is 0 Å². The zero-order valence-corrected chi connectivity index (χ0v) is 10.3. The summed E-state index contributed by atoms with van der Waals surface area (Å²) in [4.78, 5) is 0. The molecule has 0 bridgehead atoms. The molecular formula is C15H26. The van der Waals surface area contributed by atoms with E-state index in [9.17, 15) is 0 Å². The van der Waals surface area contributed by atoms with E-state index in [2.05, 4.69) is 6.92 Å². The van der Waals surface area contributed by atoms with Crippen LogP contribution in [0.2, 0.25) is 0 Å². The van der Waals surface area contributed by atoms with Crippen LogP contribution in [0, 0.1) is 23.2 Å². The number of fused-ring (bicyclic) bond motifs is 1. The van der Waals surface area contributed by atoms with Crippen LogP contribution in [-0.4, -0.2) is 0 Å². The lowest BCUT2D eigenvalue weighted by Crippen LogP contribution is -2.28. The highest BCUT2D eigenvalue weighted by atomic mass is 14.7. The highest BCUT2D eigenvalue weighted by Crippen LogP contribution is 2.73. The summed E-state index contributed by atoms with van der Waals surface area (Å²) >= 11 is 0. The predicted molar refractivity (Wildman–Crippen MR) is 64.7 cm³/mol. The quantitative estimate of drug-likeness (QED) is 0.610. The van der Waals surface area contributed by atoms with Gasteiger partial charge >= 0.3 is 0 Å². The van der Waals surface area contributed by atoms with Crippen molar-refractivity contribution in [3.05, 3.63) is 0 Å². The number of hydrogen-bond acceptors (Lipinski definition) is 0. The van der Waals surface area contributed by atoms with Crippen LogP contribution in [0.5, 0.6) is 0 Å². The average molecular weight is 206 g/mol. The lowest BCUT2D eigenvalue weighted by atomic mass is 9.68. The van der Waals surface area contributed by atoms with E-state index in [-0.39, 0.29) is 0 Å². The molecule has 0 spiro atoms. The Morgan fingerprint density at radius 1 is 1.00 bits per heavy atom. The molecule has 3 aliphatic rings. The topological polar surface area (TPSA) is 0 Å². The van der Waals surface area contributed by atoms with E-state index in [0.717, 1.165) is 17.3 Å². The van der Waals surface area contributed by atoms with Crippen molar-refractivity contribution in [1.29, 1.82) is 0 Å². The highest BCUT2D eigenvalue weighted by Gasteiger charge is 2.65. The first-order valence-electron chi connectivity index (χ1n) is 7.31. The zero-order valence-electron chi connectivity index (χ0n) is 10.3. The second-order valence-electron chi connectivity index (χ2n) is 6.69. The molecule has 0 aromatic rings. The van der Waals surface area contributed by atoms with Crippen LogP contribution in [0.4, 0.5) is 0 Å². The molecule has 86 valence electrons. The first-order chi connectivity index (χ1) is 7.31. The fourth-order valence-electron chi connectivity index (χ4n) is 4.56. The molecule has 0 heteroatoms. The van der Waals surface area contributed by atoms with Crippen LogP contribution in [0.3, 0.4) is 0 Å². The molecule has 3 saturated carbocycles. The molecule has 3 rings (SSSR count). The smallest absolute Gasteiger partial charge is 0.0238 e. The average Bonchev–Trinajstić information content (AvgIpc) is 2.76. The van der Waals surface area contributed by atoms with Crippen molar-refractivity contribution in [3.8, 4) is 0 Å². The van der Waals surface area contributed by atoms with E-state index in [0.29, 0.717) is 0 Å². The summed E-state index contributed by atoms with van der Waals surface area (Å²) in [6.45, 7) is 2.51. The fraction of sp³-hybridized carbons (Fsp3) is 1.00. The van der Waals surface area contributed by atoms with Crippen LogP contribution in [0.25, 0.3) is 0 Å². The molecule has 3 unspecified atom stereocenters. The van der Waals surface area contributed by atoms with Gasteiger partial charge in [-0.15, -0.1) is 0 Å². The first-order valence-corrected chi connectivity index (χ1v) is 7.31. The summed E-state index contributed by atoms with van der Waals surface area (Å²) in [6.07, 6.45) is 15.5.